The molecule has 7 aromatic rings. The van der Waals surface area contributed by atoms with Crippen molar-refractivity contribution in [3.63, 3.8) is 0 Å². The third-order valence-electron chi connectivity index (χ3n) is 8.32. The largest absolute Gasteiger partial charge is 0.264 e. The van der Waals surface area contributed by atoms with Crippen molar-refractivity contribution in [3.05, 3.63) is 120 Å². The van der Waals surface area contributed by atoms with Gasteiger partial charge in [-0.15, -0.1) is 0 Å². The molecule has 7 heterocycles. The molecule has 0 aliphatic carbocycles. The topological polar surface area (TPSA) is 112 Å². The molecular weight excluding hydrogens is 681 g/mol. The molecule has 0 atom stereocenters. The minimum Gasteiger partial charge on any atom is -0.264 e. The van der Waals surface area contributed by atoms with Crippen molar-refractivity contribution < 1.29 is 0 Å². The predicted molar refractivity (Wildman–Crippen MR) is 232 cm³/mol. The second-order valence-electron chi connectivity index (χ2n) is 17.0. The van der Waals surface area contributed by atoms with Crippen molar-refractivity contribution in [3.8, 4) is 0 Å². The number of hydrogen-bond acceptors (Lipinski definition) is 8. The number of aromatic nitrogens is 10. The third-order valence-corrected chi connectivity index (χ3v) is 8.32. The predicted octanol–water partition coefficient (Wildman–Crippen LogP) is 11.3. The van der Waals surface area contributed by atoms with Gasteiger partial charge in [-0.1, -0.05) is 105 Å². The van der Waals surface area contributed by atoms with Gasteiger partial charge in [-0.05, 0) is 54.4 Å². The van der Waals surface area contributed by atoms with Gasteiger partial charge in [-0.3, -0.25) is 19.9 Å². The summed E-state index contributed by atoms with van der Waals surface area (Å²) in [4.78, 5) is 25.8. The molecule has 0 aliphatic rings. The number of nitrogens with zero attached hydrogens (tertiary/aromatic N) is 10. The molecule has 298 valence electrons. The molecule has 55 heavy (non-hydrogen) atoms. The number of pyridine rings is 2. The van der Waals surface area contributed by atoms with Crippen LogP contribution < -0.4 is 0 Å². The summed E-state index contributed by atoms with van der Waals surface area (Å²) in [6, 6.07) is 7.76. The zero-order valence-electron chi connectivity index (χ0n) is 33.6. The lowest BCUT2D eigenvalue weighted by atomic mass is 9.87. The van der Waals surface area contributed by atoms with E-state index in [0.717, 1.165) is 39.3 Å². The summed E-state index contributed by atoms with van der Waals surface area (Å²) in [6.07, 6.45) is 18.4. The quantitative estimate of drug-likeness (QED) is 0.151. The van der Waals surface area contributed by atoms with Crippen molar-refractivity contribution in [2.24, 2.45) is 0 Å². The summed E-state index contributed by atoms with van der Waals surface area (Å²) in [5, 5.41) is 9.78. The standard InChI is InChI=1S/C12H14N2.C11H15N3.C10H13N3.C9H14N2.3CH4/c1-12(2,3)10-8-13-7-9-5-4-6-14-11(9)10;1-8-9(11(2,3)4)10-12-6-5-7-14(10)13-8;1-10(2,3)8-7-12-13-6-4-5-11-9(8)13;1-7-8(9(2,3)4)11-6-5-10-7;;;/h4-8H,1-3H3;5-7H,1-4H3;4-7H,1-3H3;5-6H,1-4H3;3*1H4. The van der Waals surface area contributed by atoms with Gasteiger partial charge in [-0.2, -0.15) is 10.2 Å². The van der Waals surface area contributed by atoms with Crippen LogP contribution in [0.3, 0.4) is 0 Å². The Bertz CT molecular complexity index is 2210. The van der Waals surface area contributed by atoms with Crippen molar-refractivity contribution in [2.75, 3.05) is 0 Å². The Labute approximate surface area is 331 Å². The number of hydrogen-bond donors (Lipinski definition) is 0. The Hall–Kier alpha value is -5.12. The molecule has 0 spiro atoms. The van der Waals surface area contributed by atoms with Gasteiger partial charge in [0.15, 0.2) is 11.3 Å². The smallest absolute Gasteiger partial charge is 0.158 e. The zero-order chi connectivity index (χ0) is 38.5. The maximum absolute atomic E-state index is 4.43. The molecule has 7 rings (SSSR count). The number of aryl methyl sites for hydroxylation is 2. The molecule has 0 unspecified atom stereocenters. The minimum atomic E-state index is 0. The molecule has 0 aliphatic heterocycles. The van der Waals surface area contributed by atoms with Crippen LogP contribution in [0.1, 0.15) is 139 Å². The van der Waals surface area contributed by atoms with E-state index in [-0.39, 0.29) is 43.9 Å². The summed E-state index contributed by atoms with van der Waals surface area (Å²) >= 11 is 0. The maximum atomic E-state index is 4.43. The molecule has 0 fully saturated rings. The van der Waals surface area contributed by atoms with Crippen LogP contribution >= 0.6 is 0 Å². The summed E-state index contributed by atoms with van der Waals surface area (Å²) in [6.45, 7) is 30.1. The number of rotatable bonds is 0. The minimum absolute atomic E-state index is 0. The van der Waals surface area contributed by atoms with Gasteiger partial charge in [0.25, 0.3) is 0 Å². The Balaban J connectivity index is 0.000000362. The first-order valence-electron chi connectivity index (χ1n) is 17.8. The lowest BCUT2D eigenvalue weighted by molar-refractivity contribution is 0.559. The summed E-state index contributed by atoms with van der Waals surface area (Å²) < 4.78 is 3.65. The first-order valence-corrected chi connectivity index (χ1v) is 17.8. The fourth-order valence-corrected chi connectivity index (χ4v) is 5.92. The van der Waals surface area contributed by atoms with Crippen LogP contribution in [-0.4, -0.2) is 49.1 Å². The highest BCUT2D eigenvalue weighted by Crippen LogP contribution is 2.29. The summed E-state index contributed by atoms with van der Waals surface area (Å²) in [7, 11) is 0. The molecule has 0 N–H and O–H groups in total. The Morgan fingerprint density at radius 2 is 1.05 bits per heavy atom. The van der Waals surface area contributed by atoms with Gasteiger partial charge in [0.1, 0.15) is 0 Å². The molecule has 7 aromatic heterocycles. The SMILES string of the molecule is C.C.C.CC(C)(C)c1cncc2cccnc12.CC(C)(C)c1cnn2cccnc12.Cc1nccnc1C(C)(C)C.Cc1nn2cccnc2c1C(C)(C)C. The highest BCUT2D eigenvalue weighted by atomic mass is 15.3. The number of fused-ring (bicyclic) bond motifs is 3. The van der Waals surface area contributed by atoms with E-state index >= 15 is 0 Å². The second-order valence-corrected chi connectivity index (χ2v) is 17.0. The lowest BCUT2D eigenvalue weighted by Gasteiger charge is -2.19. The van der Waals surface area contributed by atoms with Crippen molar-refractivity contribution in [2.45, 2.75) is 141 Å². The van der Waals surface area contributed by atoms with E-state index in [4.69, 9.17) is 0 Å². The lowest BCUT2D eigenvalue weighted by Crippen LogP contribution is -2.15. The van der Waals surface area contributed by atoms with Crippen LogP contribution in [0.25, 0.3) is 22.2 Å². The van der Waals surface area contributed by atoms with Gasteiger partial charge < -0.3 is 0 Å². The summed E-state index contributed by atoms with van der Waals surface area (Å²) in [5.41, 5.74) is 10.2. The van der Waals surface area contributed by atoms with Crippen LogP contribution in [0.2, 0.25) is 0 Å². The molecule has 10 heteroatoms. The average Bonchev–Trinajstić information content (AvgIpc) is 3.65. The monoisotopic (exact) mass is 749 g/mol. The Kier molecular flexibility index (Phi) is 16.5. The van der Waals surface area contributed by atoms with E-state index in [2.05, 4.69) is 123 Å². The van der Waals surface area contributed by atoms with Crippen LogP contribution in [0.4, 0.5) is 0 Å². The normalized spacial score (nSPS) is 11.4. The fourth-order valence-electron chi connectivity index (χ4n) is 5.92. The van der Waals surface area contributed by atoms with Gasteiger partial charge in [-0.25, -0.2) is 19.0 Å². The van der Waals surface area contributed by atoms with Crippen LogP contribution in [-0.2, 0) is 21.7 Å². The Morgan fingerprint density at radius 1 is 0.491 bits per heavy atom. The molecule has 0 radical (unpaired) electrons. The van der Waals surface area contributed by atoms with Gasteiger partial charge in [0.05, 0.1) is 28.8 Å². The van der Waals surface area contributed by atoms with E-state index in [1.165, 1.54) is 16.7 Å². The third kappa shape index (κ3) is 12.2. The Morgan fingerprint density at radius 3 is 1.60 bits per heavy atom. The van der Waals surface area contributed by atoms with E-state index in [0.29, 0.717) is 0 Å². The average molecular weight is 749 g/mol. The summed E-state index contributed by atoms with van der Waals surface area (Å²) in [5.74, 6) is 0. The first kappa shape index (κ1) is 47.9. The van der Waals surface area contributed by atoms with E-state index in [1.807, 2.05) is 86.0 Å². The van der Waals surface area contributed by atoms with Crippen LogP contribution in [0, 0.1) is 13.8 Å². The van der Waals surface area contributed by atoms with Gasteiger partial charge in [0.2, 0.25) is 0 Å². The van der Waals surface area contributed by atoms with Crippen LogP contribution in [0.15, 0.2) is 86.2 Å². The highest BCUT2D eigenvalue weighted by molar-refractivity contribution is 5.81. The maximum Gasteiger partial charge on any atom is 0.158 e. The van der Waals surface area contributed by atoms with Crippen molar-refractivity contribution in [1.29, 1.82) is 0 Å². The van der Waals surface area contributed by atoms with E-state index in [1.54, 1.807) is 23.1 Å². The van der Waals surface area contributed by atoms with Crippen LogP contribution in [0.5, 0.6) is 0 Å². The van der Waals surface area contributed by atoms with E-state index in [9.17, 15) is 0 Å². The highest BCUT2D eigenvalue weighted by Gasteiger charge is 2.23. The van der Waals surface area contributed by atoms with Crippen molar-refractivity contribution >= 4 is 22.2 Å². The molecule has 0 saturated heterocycles. The molecule has 0 aromatic carbocycles. The van der Waals surface area contributed by atoms with E-state index < -0.39 is 0 Å². The van der Waals surface area contributed by atoms with Crippen molar-refractivity contribution in [1.82, 2.24) is 49.1 Å². The zero-order valence-corrected chi connectivity index (χ0v) is 33.6. The molecule has 0 saturated carbocycles. The first-order chi connectivity index (χ1) is 24.2. The molecular formula is C45H68N10. The fraction of sp³-hybridized carbons (Fsp3) is 0.467. The second kappa shape index (κ2) is 19.0. The molecule has 0 amide bonds. The van der Waals surface area contributed by atoms with Gasteiger partial charge in [0, 0.05) is 83.3 Å². The molecule has 10 nitrogen and oxygen atoms in total. The van der Waals surface area contributed by atoms with Gasteiger partial charge >= 0.3 is 0 Å². The molecule has 0 bridgehead atoms.